The van der Waals surface area contributed by atoms with Crippen molar-refractivity contribution in [1.29, 1.82) is 0 Å². The molecule has 0 aliphatic carbocycles. The summed E-state index contributed by atoms with van der Waals surface area (Å²) in [5.41, 5.74) is 5.69. The molecule has 60 valence electrons. The third-order valence-electron chi connectivity index (χ3n) is 1.81. The van der Waals surface area contributed by atoms with Crippen LogP contribution in [0.3, 0.4) is 0 Å². The van der Waals surface area contributed by atoms with Crippen molar-refractivity contribution in [2.24, 2.45) is 5.73 Å². The number of hydrogen-bond acceptors (Lipinski definition) is 3. The van der Waals surface area contributed by atoms with Gasteiger partial charge in [0.25, 0.3) is 0 Å². The van der Waals surface area contributed by atoms with Crippen LogP contribution in [-0.2, 0) is 15.5 Å². The van der Waals surface area contributed by atoms with Gasteiger partial charge in [-0.3, -0.25) is 4.21 Å². The van der Waals surface area contributed by atoms with Crippen molar-refractivity contribution in [3.63, 3.8) is 0 Å². The average Bonchev–Trinajstić information content (AvgIpc) is 1.94. The van der Waals surface area contributed by atoms with Crippen molar-refractivity contribution < 1.29 is 8.95 Å². The Morgan fingerprint density at radius 2 is 2.40 bits per heavy atom. The number of methoxy groups -OCH3 is 1. The van der Waals surface area contributed by atoms with Gasteiger partial charge >= 0.3 is 0 Å². The summed E-state index contributed by atoms with van der Waals surface area (Å²) in [7, 11) is 0.922. The minimum Gasteiger partial charge on any atom is -0.379 e. The molecule has 0 amide bonds. The summed E-state index contributed by atoms with van der Waals surface area (Å²) in [6.07, 6.45) is 0.833. The zero-order chi connectivity index (χ0) is 7.56. The van der Waals surface area contributed by atoms with E-state index in [0.29, 0.717) is 5.75 Å². The first-order valence-electron chi connectivity index (χ1n) is 3.37. The number of rotatable bonds is 1. The first kappa shape index (κ1) is 8.17. The van der Waals surface area contributed by atoms with E-state index in [1.807, 2.05) is 0 Å². The second-order valence-electron chi connectivity index (χ2n) is 2.54. The Morgan fingerprint density at radius 3 is 2.90 bits per heavy atom. The molecular weight excluding hydrogens is 150 g/mol. The highest BCUT2D eigenvalue weighted by Crippen LogP contribution is 2.10. The Labute approximate surface area is 63.4 Å². The van der Waals surface area contributed by atoms with E-state index in [1.54, 1.807) is 7.11 Å². The molecule has 4 heteroatoms. The van der Waals surface area contributed by atoms with E-state index < -0.39 is 10.8 Å². The van der Waals surface area contributed by atoms with Gasteiger partial charge in [0.2, 0.25) is 0 Å². The fourth-order valence-electron chi connectivity index (χ4n) is 1.09. The van der Waals surface area contributed by atoms with Crippen molar-refractivity contribution in [3.8, 4) is 0 Å². The Morgan fingerprint density at radius 1 is 1.70 bits per heavy atom. The molecule has 3 unspecified atom stereocenters. The molecule has 1 aliphatic heterocycles. The zero-order valence-corrected chi connectivity index (χ0v) is 6.89. The number of ether oxygens (including phenoxy) is 1. The van der Waals surface area contributed by atoms with E-state index in [-0.39, 0.29) is 12.1 Å². The maximum atomic E-state index is 11.0. The topological polar surface area (TPSA) is 52.3 Å². The van der Waals surface area contributed by atoms with E-state index in [0.717, 1.165) is 12.2 Å². The van der Waals surface area contributed by atoms with Crippen molar-refractivity contribution in [2.75, 3.05) is 18.6 Å². The highest BCUT2D eigenvalue weighted by Gasteiger charge is 2.25. The SMILES string of the molecule is COC1CS(=O)CCC1N. The normalized spacial score (nSPS) is 41.6. The van der Waals surface area contributed by atoms with Crippen LogP contribution < -0.4 is 5.73 Å². The van der Waals surface area contributed by atoms with E-state index in [9.17, 15) is 4.21 Å². The van der Waals surface area contributed by atoms with Gasteiger partial charge in [-0.2, -0.15) is 0 Å². The Hall–Kier alpha value is 0.0700. The summed E-state index contributed by atoms with van der Waals surface area (Å²) >= 11 is 0. The molecule has 0 aromatic carbocycles. The fraction of sp³-hybridized carbons (Fsp3) is 1.00. The number of nitrogens with two attached hydrogens (primary N) is 1. The molecule has 0 aromatic heterocycles. The summed E-state index contributed by atoms with van der Waals surface area (Å²) in [5.74, 6) is 1.35. The molecule has 1 rings (SSSR count). The highest BCUT2D eigenvalue weighted by molar-refractivity contribution is 7.85. The molecule has 3 atom stereocenters. The van der Waals surface area contributed by atoms with Gasteiger partial charge in [-0.05, 0) is 6.42 Å². The van der Waals surface area contributed by atoms with Crippen molar-refractivity contribution >= 4 is 10.8 Å². The van der Waals surface area contributed by atoms with Gasteiger partial charge < -0.3 is 10.5 Å². The van der Waals surface area contributed by atoms with Crippen molar-refractivity contribution in [2.45, 2.75) is 18.6 Å². The summed E-state index contributed by atoms with van der Waals surface area (Å²) in [5, 5.41) is 0. The lowest BCUT2D eigenvalue weighted by molar-refractivity contribution is 0.0947. The first-order chi connectivity index (χ1) is 4.74. The summed E-state index contributed by atoms with van der Waals surface area (Å²) in [6.45, 7) is 0. The summed E-state index contributed by atoms with van der Waals surface area (Å²) in [6, 6.07) is 0.0858. The van der Waals surface area contributed by atoms with Gasteiger partial charge in [-0.15, -0.1) is 0 Å². The maximum absolute atomic E-state index is 11.0. The lowest BCUT2D eigenvalue weighted by Gasteiger charge is -2.26. The Bertz CT molecular complexity index is 140. The monoisotopic (exact) mass is 163 g/mol. The molecular formula is C6H13NO2S. The minimum absolute atomic E-state index is 0.00887. The van der Waals surface area contributed by atoms with Crippen LogP contribution in [-0.4, -0.2) is 35.0 Å². The van der Waals surface area contributed by atoms with Crippen LogP contribution in [0.2, 0.25) is 0 Å². The van der Waals surface area contributed by atoms with Crippen LogP contribution in [0.5, 0.6) is 0 Å². The standard InChI is InChI=1S/C6H13NO2S/c1-9-6-4-10(8)3-2-5(6)7/h5-6H,2-4,7H2,1H3. The quantitative estimate of drug-likeness (QED) is 0.566. The predicted octanol–water partition coefficient (Wildman–Crippen LogP) is -0.519. The highest BCUT2D eigenvalue weighted by atomic mass is 32.2. The molecule has 1 saturated heterocycles. The fourth-order valence-corrected chi connectivity index (χ4v) is 2.54. The predicted molar refractivity (Wildman–Crippen MR) is 41.3 cm³/mol. The van der Waals surface area contributed by atoms with Gasteiger partial charge in [0.05, 0.1) is 11.9 Å². The second-order valence-corrected chi connectivity index (χ2v) is 4.16. The molecule has 0 bridgehead atoms. The van der Waals surface area contributed by atoms with Gasteiger partial charge in [0, 0.05) is 29.7 Å². The Kier molecular flexibility index (Phi) is 2.82. The van der Waals surface area contributed by atoms with Crippen LogP contribution in [0.25, 0.3) is 0 Å². The van der Waals surface area contributed by atoms with E-state index in [2.05, 4.69) is 0 Å². The van der Waals surface area contributed by atoms with Crippen LogP contribution in [0.4, 0.5) is 0 Å². The van der Waals surface area contributed by atoms with Gasteiger partial charge in [0.15, 0.2) is 0 Å². The smallest absolute Gasteiger partial charge is 0.0837 e. The van der Waals surface area contributed by atoms with E-state index in [1.165, 1.54) is 0 Å². The lowest BCUT2D eigenvalue weighted by Crippen LogP contribution is -2.44. The molecule has 0 spiro atoms. The molecule has 1 aliphatic rings. The molecule has 1 fully saturated rings. The molecule has 3 nitrogen and oxygen atoms in total. The number of hydrogen-bond donors (Lipinski definition) is 1. The molecule has 2 N–H and O–H groups in total. The second kappa shape index (κ2) is 3.46. The van der Waals surface area contributed by atoms with Crippen LogP contribution in [0.1, 0.15) is 6.42 Å². The Balaban J connectivity index is 2.45. The van der Waals surface area contributed by atoms with Crippen LogP contribution >= 0.6 is 0 Å². The summed E-state index contributed by atoms with van der Waals surface area (Å²) < 4.78 is 16.0. The maximum Gasteiger partial charge on any atom is 0.0837 e. The van der Waals surface area contributed by atoms with Gasteiger partial charge in [-0.25, -0.2) is 0 Å². The van der Waals surface area contributed by atoms with E-state index in [4.69, 9.17) is 10.5 Å². The lowest BCUT2D eigenvalue weighted by atomic mass is 10.1. The van der Waals surface area contributed by atoms with Crippen LogP contribution in [0.15, 0.2) is 0 Å². The zero-order valence-electron chi connectivity index (χ0n) is 6.08. The third kappa shape index (κ3) is 1.78. The molecule has 10 heavy (non-hydrogen) atoms. The van der Waals surface area contributed by atoms with E-state index >= 15 is 0 Å². The van der Waals surface area contributed by atoms with Crippen molar-refractivity contribution in [3.05, 3.63) is 0 Å². The molecule has 0 saturated carbocycles. The largest absolute Gasteiger partial charge is 0.379 e. The van der Waals surface area contributed by atoms with Gasteiger partial charge in [-0.1, -0.05) is 0 Å². The third-order valence-corrected chi connectivity index (χ3v) is 3.20. The van der Waals surface area contributed by atoms with Crippen LogP contribution in [0, 0.1) is 0 Å². The molecule has 0 aromatic rings. The first-order valence-corrected chi connectivity index (χ1v) is 4.86. The molecule has 0 radical (unpaired) electrons. The summed E-state index contributed by atoms with van der Waals surface area (Å²) in [4.78, 5) is 0. The van der Waals surface area contributed by atoms with Crippen molar-refractivity contribution in [1.82, 2.24) is 0 Å². The minimum atomic E-state index is -0.696. The average molecular weight is 163 g/mol. The van der Waals surface area contributed by atoms with Gasteiger partial charge in [0.1, 0.15) is 0 Å². The molecule has 1 heterocycles.